The fraction of sp³-hybridized carbons (Fsp3) is 0.167. The topological polar surface area (TPSA) is 32.3 Å². The second-order valence-corrected chi connectivity index (χ2v) is 6.14. The standard InChI is InChI=1S/C18H17Cl2NOS/c1-2-11-21-18(23)15(13-9-6-10-14(19)16(13)20)17(22)12-7-4-3-5-8-12/h3-10,22H,2,11H2,1H3,(H,21,23)/b17-15-. The molecule has 0 saturated carbocycles. The second-order valence-electron chi connectivity index (χ2n) is 4.95. The van der Waals surface area contributed by atoms with Gasteiger partial charge in [-0.2, -0.15) is 0 Å². The lowest BCUT2D eigenvalue weighted by atomic mass is 10.0. The van der Waals surface area contributed by atoms with E-state index in [0.29, 0.717) is 38.3 Å². The second kappa shape index (κ2) is 8.34. The van der Waals surface area contributed by atoms with E-state index in [1.165, 1.54) is 0 Å². The highest BCUT2D eigenvalue weighted by Gasteiger charge is 2.19. The molecular weight excluding hydrogens is 349 g/mol. The maximum Gasteiger partial charge on any atom is 0.133 e. The average Bonchev–Trinajstić information content (AvgIpc) is 2.57. The SMILES string of the molecule is CCCNC(=S)/C(=C(\O)c1ccccc1)c1cccc(Cl)c1Cl. The Morgan fingerprint density at radius 1 is 1.09 bits per heavy atom. The summed E-state index contributed by atoms with van der Waals surface area (Å²) in [5, 5.41) is 14.7. The van der Waals surface area contributed by atoms with Crippen LogP contribution in [0, 0.1) is 0 Å². The van der Waals surface area contributed by atoms with E-state index in [-0.39, 0.29) is 5.76 Å². The molecule has 0 aliphatic rings. The highest BCUT2D eigenvalue weighted by atomic mass is 35.5. The highest BCUT2D eigenvalue weighted by molar-refractivity contribution is 7.81. The number of hydrogen-bond acceptors (Lipinski definition) is 2. The molecule has 0 heterocycles. The molecule has 0 aliphatic heterocycles. The van der Waals surface area contributed by atoms with Gasteiger partial charge in [-0.15, -0.1) is 0 Å². The highest BCUT2D eigenvalue weighted by Crippen LogP contribution is 2.34. The van der Waals surface area contributed by atoms with E-state index in [1.807, 2.05) is 37.3 Å². The zero-order valence-corrected chi connectivity index (χ0v) is 15.0. The first-order chi connectivity index (χ1) is 11.1. The molecule has 0 bridgehead atoms. The maximum atomic E-state index is 10.8. The lowest BCUT2D eigenvalue weighted by Crippen LogP contribution is -2.24. The fourth-order valence-corrected chi connectivity index (χ4v) is 2.83. The Balaban J connectivity index is 2.61. The number of aliphatic hydroxyl groups is 1. The Bertz CT molecular complexity index is 729. The van der Waals surface area contributed by atoms with Crippen LogP contribution in [0.4, 0.5) is 0 Å². The molecule has 0 saturated heterocycles. The molecule has 120 valence electrons. The van der Waals surface area contributed by atoms with E-state index in [0.717, 1.165) is 6.42 Å². The first-order valence-electron chi connectivity index (χ1n) is 7.27. The van der Waals surface area contributed by atoms with Gasteiger partial charge >= 0.3 is 0 Å². The predicted molar refractivity (Wildman–Crippen MR) is 103 cm³/mol. The van der Waals surface area contributed by atoms with Crippen molar-refractivity contribution in [3.8, 4) is 0 Å². The number of nitrogens with one attached hydrogen (secondary N) is 1. The number of rotatable bonds is 5. The molecule has 0 aliphatic carbocycles. The quantitative estimate of drug-likeness (QED) is 0.306. The number of thiocarbonyl (C=S) groups is 1. The van der Waals surface area contributed by atoms with E-state index in [1.54, 1.807) is 18.2 Å². The molecular formula is C18H17Cl2NOS. The smallest absolute Gasteiger partial charge is 0.133 e. The van der Waals surface area contributed by atoms with Crippen molar-refractivity contribution in [2.24, 2.45) is 0 Å². The van der Waals surface area contributed by atoms with Gasteiger partial charge in [-0.1, -0.05) is 84.8 Å². The van der Waals surface area contributed by atoms with Crippen molar-refractivity contribution in [2.45, 2.75) is 13.3 Å². The van der Waals surface area contributed by atoms with E-state index in [9.17, 15) is 5.11 Å². The molecule has 23 heavy (non-hydrogen) atoms. The van der Waals surface area contributed by atoms with E-state index in [4.69, 9.17) is 35.4 Å². The summed E-state index contributed by atoms with van der Waals surface area (Å²) in [6.07, 6.45) is 0.919. The van der Waals surface area contributed by atoms with Crippen LogP contribution in [0.5, 0.6) is 0 Å². The molecule has 2 aromatic carbocycles. The lowest BCUT2D eigenvalue weighted by molar-refractivity contribution is 0.514. The summed E-state index contributed by atoms with van der Waals surface area (Å²) in [6, 6.07) is 14.5. The van der Waals surface area contributed by atoms with Crippen LogP contribution in [0.15, 0.2) is 48.5 Å². The number of benzene rings is 2. The van der Waals surface area contributed by atoms with Gasteiger partial charge in [0.2, 0.25) is 0 Å². The number of aliphatic hydroxyl groups excluding tert-OH is 1. The van der Waals surface area contributed by atoms with Crippen molar-refractivity contribution in [1.82, 2.24) is 5.32 Å². The van der Waals surface area contributed by atoms with Crippen LogP contribution < -0.4 is 5.32 Å². The Labute approximate surface area is 151 Å². The summed E-state index contributed by atoms with van der Waals surface area (Å²) in [7, 11) is 0. The molecule has 2 N–H and O–H groups in total. The summed E-state index contributed by atoms with van der Waals surface area (Å²) in [4.78, 5) is 0.442. The summed E-state index contributed by atoms with van der Waals surface area (Å²) < 4.78 is 0. The third-order valence-electron chi connectivity index (χ3n) is 3.27. The molecule has 0 atom stereocenters. The van der Waals surface area contributed by atoms with Gasteiger partial charge in [0.05, 0.1) is 15.6 Å². The molecule has 0 fully saturated rings. The zero-order valence-electron chi connectivity index (χ0n) is 12.6. The summed E-state index contributed by atoms with van der Waals surface area (Å²) in [5.74, 6) is 0.0726. The molecule has 0 radical (unpaired) electrons. The van der Waals surface area contributed by atoms with Crippen LogP contribution in [-0.2, 0) is 0 Å². The van der Waals surface area contributed by atoms with Crippen molar-refractivity contribution in [3.63, 3.8) is 0 Å². The van der Waals surface area contributed by atoms with E-state index in [2.05, 4.69) is 5.32 Å². The molecule has 2 nitrogen and oxygen atoms in total. The minimum absolute atomic E-state index is 0.0726. The van der Waals surface area contributed by atoms with Crippen LogP contribution >= 0.6 is 35.4 Å². The van der Waals surface area contributed by atoms with Crippen LogP contribution in [0.25, 0.3) is 11.3 Å². The molecule has 0 aromatic heterocycles. The van der Waals surface area contributed by atoms with Crippen molar-refractivity contribution in [2.75, 3.05) is 6.54 Å². The third kappa shape index (κ3) is 4.25. The van der Waals surface area contributed by atoms with Gasteiger partial charge in [-0.3, -0.25) is 0 Å². The summed E-state index contributed by atoms with van der Waals surface area (Å²) >= 11 is 17.9. The monoisotopic (exact) mass is 365 g/mol. The van der Waals surface area contributed by atoms with Crippen molar-refractivity contribution in [1.29, 1.82) is 0 Å². The lowest BCUT2D eigenvalue weighted by Gasteiger charge is -2.16. The van der Waals surface area contributed by atoms with Crippen molar-refractivity contribution in [3.05, 3.63) is 69.7 Å². The zero-order chi connectivity index (χ0) is 16.8. The largest absolute Gasteiger partial charge is 0.507 e. The molecule has 0 amide bonds. The predicted octanol–water partition coefficient (Wildman–Crippen LogP) is 5.75. The average molecular weight is 366 g/mol. The fourth-order valence-electron chi connectivity index (χ4n) is 2.12. The first-order valence-corrected chi connectivity index (χ1v) is 8.44. The van der Waals surface area contributed by atoms with Crippen LogP contribution in [0.3, 0.4) is 0 Å². The molecule has 2 aromatic rings. The van der Waals surface area contributed by atoms with Gasteiger partial charge in [0.25, 0.3) is 0 Å². The summed E-state index contributed by atoms with van der Waals surface area (Å²) in [5.41, 5.74) is 1.75. The van der Waals surface area contributed by atoms with Gasteiger partial charge in [0.15, 0.2) is 0 Å². The van der Waals surface area contributed by atoms with Gasteiger partial charge < -0.3 is 10.4 Å². The molecule has 0 spiro atoms. The minimum atomic E-state index is 0.0726. The molecule has 2 rings (SSSR count). The van der Waals surface area contributed by atoms with Crippen molar-refractivity contribution < 1.29 is 5.11 Å². The molecule has 0 unspecified atom stereocenters. The van der Waals surface area contributed by atoms with Crippen LogP contribution in [0.1, 0.15) is 24.5 Å². The van der Waals surface area contributed by atoms with Gasteiger partial charge in [-0.05, 0) is 12.5 Å². The third-order valence-corrected chi connectivity index (χ3v) is 4.43. The normalized spacial score (nSPS) is 11.8. The van der Waals surface area contributed by atoms with Crippen LogP contribution in [0.2, 0.25) is 10.0 Å². The number of halogens is 2. The maximum absolute atomic E-state index is 10.8. The van der Waals surface area contributed by atoms with Gasteiger partial charge in [0.1, 0.15) is 10.7 Å². The summed E-state index contributed by atoms with van der Waals surface area (Å²) in [6.45, 7) is 2.75. The Morgan fingerprint density at radius 3 is 2.43 bits per heavy atom. The van der Waals surface area contributed by atoms with E-state index >= 15 is 0 Å². The van der Waals surface area contributed by atoms with Gasteiger partial charge in [-0.25, -0.2) is 0 Å². The van der Waals surface area contributed by atoms with Crippen LogP contribution in [-0.4, -0.2) is 16.6 Å². The van der Waals surface area contributed by atoms with Crippen molar-refractivity contribution >= 4 is 51.7 Å². The number of hydrogen-bond donors (Lipinski definition) is 2. The van der Waals surface area contributed by atoms with Gasteiger partial charge in [0, 0.05) is 17.7 Å². The Morgan fingerprint density at radius 2 is 1.78 bits per heavy atom. The Hall–Kier alpha value is -1.55. The first kappa shape index (κ1) is 17.8. The Kier molecular flexibility index (Phi) is 6.46. The van der Waals surface area contributed by atoms with E-state index < -0.39 is 0 Å². The minimum Gasteiger partial charge on any atom is -0.507 e. The molecule has 5 heteroatoms.